The van der Waals surface area contributed by atoms with Crippen LogP contribution in [-0.2, 0) is 6.42 Å². The Hall–Kier alpha value is -1.02. The molecule has 2 atom stereocenters. The van der Waals surface area contributed by atoms with Gasteiger partial charge in [-0.3, -0.25) is 0 Å². The Bertz CT molecular complexity index is 451. The van der Waals surface area contributed by atoms with Gasteiger partial charge in [0.05, 0.1) is 7.11 Å². The molecule has 2 heteroatoms. The summed E-state index contributed by atoms with van der Waals surface area (Å²) in [5, 5.41) is 3.91. The molecule has 1 N–H and O–H groups in total. The fraction of sp³-hybridized carbons (Fsp3) is 0.667. The van der Waals surface area contributed by atoms with Gasteiger partial charge >= 0.3 is 0 Å². The summed E-state index contributed by atoms with van der Waals surface area (Å²) in [6.07, 6.45) is 9.44. The monoisotopic (exact) mass is 273 g/mol. The largest absolute Gasteiger partial charge is 0.497 e. The number of hydrogen-bond donors (Lipinski definition) is 1. The van der Waals surface area contributed by atoms with E-state index in [1.54, 1.807) is 7.11 Å². The number of benzene rings is 1. The first kappa shape index (κ1) is 13.9. The minimum absolute atomic E-state index is 0.518. The molecule has 20 heavy (non-hydrogen) atoms. The van der Waals surface area contributed by atoms with Gasteiger partial charge < -0.3 is 10.1 Å². The van der Waals surface area contributed by atoms with Crippen LogP contribution < -0.4 is 10.1 Å². The van der Waals surface area contributed by atoms with Gasteiger partial charge in [-0.05, 0) is 68.2 Å². The zero-order valence-corrected chi connectivity index (χ0v) is 12.8. The van der Waals surface area contributed by atoms with Crippen molar-refractivity contribution < 1.29 is 4.74 Å². The van der Waals surface area contributed by atoms with E-state index in [-0.39, 0.29) is 0 Å². The van der Waals surface area contributed by atoms with Gasteiger partial charge in [-0.25, -0.2) is 0 Å². The maximum Gasteiger partial charge on any atom is 0.119 e. The van der Waals surface area contributed by atoms with Gasteiger partial charge in [0.2, 0.25) is 0 Å². The van der Waals surface area contributed by atoms with E-state index in [2.05, 4.69) is 30.4 Å². The number of methoxy groups -OCH3 is 1. The quantitative estimate of drug-likeness (QED) is 0.886. The molecule has 3 rings (SSSR count). The lowest BCUT2D eigenvalue weighted by Crippen LogP contribution is -2.37. The molecule has 1 fully saturated rings. The molecule has 0 radical (unpaired) electrons. The van der Waals surface area contributed by atoms with E-state index in [4.69, 9.17) is 4.74 Å². The summed E-state index contributed by atoms with van der Waals surface area (Å²) in [6, 6.07) is 7.75. The normalized spacial score (nSPS) is 24.4. The molecule has 0 aliphatic heterocycles. The van der Waals surface area contributed by atoms with Crippen LogP contribution in [0.15, 0.2) is 18.2 Å². The highest BCUT2D eigenvalue weighted by atomic mass is 16.5. The number of aryl methyl sites for hydroxylation is 1. The van der Waals surface area contributed by atoms with Crippen molar-refractivity contribution in [2.24, 2.45) is 5.92 Å². The Morgan fingerprint density at radius 2 is 1.95 bits per heavy atom. The molecule has 1 saturated carbocycles. The van der Waals surface area contributed by atoms with E-state index in [1.165, 1.54) is 56.1 Å². The average molecular weight is 273 g/mol. The smallest absolute Gasteiger partial charge is 0.119 e. The van der Waals surface area contributed by atoms with E-state index in [0.717, 1.165) is 11.7 Å². The second-order valence-corrected chi connectivity index (χ2v) is 6.51. The van der Waals surface area contributed by atoms with Crippen molar-refractivity contribution in [2.75, 3.05) is 7.11 Å². The zero-order valence-electron chi connectivity index (χ0n) is 12.8. The van der Waals surface area contributed by atoms with E-state index < -0.39 is 0 Å². The van der Waals surface area contributed by atoms with Crippen molar-refractivity contribution >= 4 is 0 Å². The molecule has 0 saturated heterocycles. The number of hydrogen-bond acceptors (Lipinski definition) is 2. The number of fused-ring (bicyclic) bond motifs is 1. The Balaban J connectivity index is 1.74. The first-order valence-corrected chi connectivity index (χ1v) is 8.21. The molecule has 2 aliphatic carbocycles. The lowest BCUT2D eigenvalue weighted by atomic mass is 9.86. The maximum atomic E-state index is 5.41. The second-order valence-electron chi connectivity index (χ2n) is 6.51. The van der Waals surface area contributed by atoms with Crippen molar-refractivity contribution in [3.8, 4) is 5.75 Å². The molecular formula is C18H27NO. The summed E-state index contributed by atoms with van der Waals surface area (Å²) in [7, 11) is 1.76. The number of nitrogens with one attached hydrogen (secondary N) is 1. The molecule has 0 amide bonds. The fourth-order valence-electron chi connectivity index (χ4n) is 3.99. The van der Waals surface area contributed by atoms with Crippen LogP contribution in [0.1, 0.15) is 62.6 Å². The van der Waals surface area contributed by atoms with Crippen LogP contribution in [0.5, 0.6) is 5.75 Å². The third kappa shape index (κ3) is 2.85. The fourth-order valence-corrected chi connectivity index (χ4v) is 3.99. The third-order valence-electron chi connectivity index (χ3n) is 5.24. The SMILES string of the molecule is COc1ccc2c(c1)C(N[C@H](C)C1CCCC1)CCC2. The Labute approximate surface area is 122 Å². The van der Waals surface area contributed by atoms with Crippen molar-refractivity contribution in [1.29, 1.82) is 0 Å². The summed E-state index contributed by atoms with van der Waals surface area (Å²) in [4.78, 5) is 0. The van der Waals surface area contributed by atoms with Gasteiger partial charge in [0.1, 0.15) is 5.75 Å². The number of rotatable bonds is 4. The van der Waals surface area contributed by atoms with Crippen molar-refractivity contribution in [3.05, 3.63) is 29.3 Å². The summed E-state index contributed by atoms with van der Waals surface area (Å²) in [5.74, 6) is 1.87. The highest BCUT2D eigenvalue weighted by Crippen LogP contribution is 2.35. The van der Waals surface area contributed by atoms with Crippen LogP contribution in [0.4, 0.5) is 0 Å². The van der Waals surface area contributed by atoms with E-state index in [1.807, 2.05) is 0 Å². The maximum absolute atomic E-state index is 5.41. The molecule has 0 spiro atoms. The van der Waals surface area contributed by atoms with Crippen LogP contribution in [0.2, 0.25) is 0 Å². The average Bonchev–Trinajstić information content (AvgIpc) is 3.01. The summed E-state index contributed by atoms with van der Waals surface area (Å²) in [5.41, 5.74) is 2.98. The third-order valence-corrected chi connectivity index (χ3v) is 5.24. The first-order valence-electron chi connectivity index (χ1n) is 8.21. The molecule has 0 heterocycles. The summed E-state index contributed by atoms with van der Waals surface area (Å²) >= 11 is 0. The van der Waals surface area contributed by atoms with Crippen molar-refractivity contribution in [3.63, 3.8) is 0 Å². The molecule has 0 aromatic heterocycles. The standard InChI is InChI=1S/C18H27NO/c1-13(14-6-3-4-7-14)19-18-9-5-8-15-10-11-16(20-2)12-17(15)18/h10-14,18-19H,3-9H2,1-2H3/t13-,18?/m1/s1. The minimum atomic E-state index is 0.518. The minimum Gasteiger partial charge on any atom is -0.497 e. The van der Waals surface area contributed by atoms with E-state index in [0.29, 0.717) is 12.1 Å². The molecule has 2 nitrogen and oxygen atoms in total. The highest BCUT2D eigenvalue weighted by molar-refractivity contribution is 5.39. The number of ether oxygens (including phenoxy) is 1. The second kappa shape index (κ2) is 6.17. The van der Waals surface area contributed by atoms with Crippen molar-refractivity contribution in [1.82, 2.24) is 5.32 Å². The molecule has 2 aliphatic rings. The molecule has 1 aromatic carbocycles. The molecule has 110 valence electrons. The predicted octanol–water partition coefficient (Wildman–Crippen LogP) is 4.24. The van der Waals surface area contributed by atoms with E-state index in [9.17, 15) is 0 Å². The Morgan fingerprint density at radius 1 is 1.15 bits per heavy atom. The van der Waals surface area contributed by atoms with Gasteiger partial charge in [0.15, 0.2) is 0 Å². The lowest BCUT2D eigenvalue weighted by Gasteiger charge is -2.32. The summed E-state index contributed by atoms with van der Waals surface area (Å²) in [6.45, 7) is 2.38. The van der Waals surface area contributed by atoms with Crippen LogP contribution in [-0.4, -0.2) is 13.2 Å². The molecule has 0 bridgehead atoms. The summed E-state index contributed by atoms with van der Waals surface area (Å²) < 4.78 is 5.41. The first-order chi connectivity index (χ1) is 9.78. The van der Waals surface area contributed by atoms with Gasteiger partial charge in [-0.15, -0.1) is 0 Å². The highest BCUT2D eigenvalue weighted by Gasteiger charge is 2.26. The topological polar surface area (TPSA) is 21.3 Å². The van der Waals surface area contributed by atoms with Gasteiger partial charge in [0, 0.05) is 12.1 Å². The Kier molecular flexibility index (Phi) is 4.30. The van der Waals surface area contributed by atoms with Crippen LogP contribution >= 0.6 is 0 Å². The van der Waals surface area contributed by atoms with Gasteiger partial charge in [-0.1, -0.05) is 18.9 Å². The molecule has 1 aromatic rings. The lowest BCUT2D eigenvalue weighted by molar-refractivity contribution is 0.323. The van der Waals surface area contributed by atoms with Gasteiger partial charge in [-0.2, -0.15) is 0 Å². The molecule has 1 unspecified atom stereocenters. The van der Waals surface area contributed by atoms with Crippen LogP contribution in [0.25, 0.3) is 0 Å². The predicted molar refractivity (Wildman–Crippen MR) is 83.2 cm³/mol. The van der Waals surface area contributed by atoms with Gasteiger partial charge in [0.25, 0.3) is 0 Å². The van der Waals surface area contributed by atoms with Crippen LogP contribution in [0, 0.1) is 5.92 Å². The molecular weight excluding hydrogens is 246 g/mol. The van der Waals surface area contributed by atoms with Crippen LogP contribution in [0.3, 0.4) is 0 Å². The van der Waals surface area contributed by atoms with Crippen molar-refractivity contribution in [2.45, 2.75) is 64.0 Å². The Morgan fingerprint density at radius 3 is 2.70 bits per heavy atom. The zero-order chi connectivity index (χ0) is 13.9. The van der Waals surface area contributed by atoms with E-state index >= 15 is 0 Å².